The predicted octanol–water partition coefficient (Wildman–Crippen LogP) is 1.41. The second kappa shape index (κ2) is 4.55. The SMILES string of the molecule is CCOC(=O)c1ccc(OC)nc1F. The molecule has 0 N–H and O–H groups in total. The van der Waals surface area contributed by atoms with Gasteiger partial charge in [0, 0.05) is 6.07 Å². The summed E-state index contributed by atoms with van der Waals surface area (Å²) in [5.41, 5.74) is -0.187. The number of hydrogen-bond donors (Lipinski definition) is 0. The van der Waals surface area contributed by atoms with Crippen LogP contribution < -0.4 is 4.74 Å². The molecule has 1 aromatic heterocycles. The standard InChI is InChI=1S/C9H10FNO3/c1-3-14-9(12)6-4-5-7(13-2)11-8(6)10/h4-5H,3H2,1-2H3. The Kier molecular flexibility index (Phi) is 3.39. The lowest BCUT2D eigenvalue weighted by Crippen LogP contribution is -2.08. The van der Waals surface area contributed by atoms with Crippen molar-refractivity contribution in [1.82, 2.24) is 4.98 Å². The van der Waals surface area contributed by atoms with Gasteiger partial charge in [0.15, 0.2) is 0 Å². The van der Waals surface area contributed by atoms with E-state index in [1.54, 1.807) is 6.92 Å². The summed E-state index contributed by atoms with van der Waals surface area (Å²) in [7, 11) is 1.37. The smallest absolute Gasteiger partial charge is 0.342 e. The maximum absolute atomic E-state index is 13.1. The lowest BCUT2D eigenvalue weighted by atomic mass is 10.3. The molecule has 0 amide bonds. The molecule has 14 heavy (non-hydrogen) atoms. The Morgan fingerprint density at radius 1 is 1.57 bits per heavy atom. The van der Waals surface area contributed by atoms with Crippen LogP contribution in [0.4, 0.5) is 4.39 Å². The van der Waals surface area contributed by atoms with Crippen molar-refractivity contribution < 1.29 is 18.7 Å². The number of pyridine rings is 1. The van der Waals surface area contributed by atoms with E-state index in [0.717, 1.165) is 0 Å². The Bertz CT molecular complexity index is 341. The van der Waals surface area contributed by atoms with Crippen molar-refractivity contribution in [3.63, 3.8) is 0 Å². The Labute approximate surface area is 80.7 Å². The molecule has 76 valence electrons. The molecule has 0 radical (unpaired) electrons. The van der Waals surface area contributed by atoms with E-state index in [-0.39, 0.29) is 18.1 Å². The second-order valence-corrected chi connectivity index (χ2v) is 2.41. The summed E-state index contributed by atoms with van der Waals surface area (Å²) in [5.74, 6) is -1.49. The first-order valence-corrected chi connectivity index (χ1v) is 4.06. The number of aromatic nitrogens is 1. The second-order valence-electron chi connectivity index (χ2n) is 2.41. The van der Waals surface area contributed by atoms with Crippen LogP contribution in [0.2, 0.25) is 0 Å². The van der Waals surface area contributed by atoms with Crippen LogP contribution in [-0.2, 0) is 4.74 Å². The molecule has 0 aliphatic rings. The summed E-state index contributed by atoms with van der Waals surface area (Å²) in [6.45, 7) is 1.84. The fraction of sp³-hybridized carbons (Fsp3) is 0.333. The van der Waals surface area contributed by atoms with Crippen molar-refractivity contribution in [2.45, 2.75) is 6.92 Å². The van der Waals surface area contributed by atoms with Crippen LogP contribution in [0.25, 0.3) is 0 Å². The van der Waals surface area contributed by atoms with E-state index in [0.29, 0.717) is 0 Å². The predicted molar refractivity (Wildman–Crippen MR) is 46.7 cm³/mol. The van der Waals surface area contributed by atoms with E-state index in [4.69, 9.17) is 0 Å². The molecule has 0 unspecified atom stereocenters. The first-order chi connectivity index (χ1) is 6.69. The van der Waals surface area contributed by atoms with Gasteiger partial charge in [-0.2, -0.15) is 9.37 Å². The molecule has 0 fully saturated rings. The van der Waals surface area contributed by atoms with Crippen LogP contribution in [-0.4, -0.2) is 24.7 Å². The Hall–Kier alpha value is -1.65. The minimum atomic E-state index is -0.886. The number of nitrogens with zero attached hydrogens (tertiary/aromatic N) is 1. The summed E-state index contributed by atoms with van der Waals surface area (Å²) in [5, 5.41) is 0. The number of esters is 1. The van der Waals surface area contributed by atoms with Crippen molar-refractivity contribution in [2.24, 2.45) is 0 Å². The topological polar surface area (TPSA) is 48.4 Å². The van der Waals surface area contributed by atoms with Gasteiger partial charge in [-0.1, -0.05) is 0 Å². The van der Waals surface area contributed by atoms with Gasteiger partial charge in [0.05, 0.1) is 13.7 Å². The third kappa shape index (κ3) is 2.18. The summed E-state index contributed by atoms with van der Waals surface area (Å²) in [6, 6.07) is 2.68. The molecule has 1 aromatic rings. The van der Waals surface area contributed by atoms with Crippen molar-refractivity contribution >= 4 is 5.97 Å². The molecule has 0 saturated heterocycles. The first-order valence-electron chi connectivity index (χ1n) is 4.06. The van der Waals surface area contributed by atoms with Crippen LogP contribution in [0, 0.1) is 5.95 Å². The molecule has 0 aliphatic heterocycles. The van der Waals surface area contributed by atoms with Crippen molar-refractivity contribution in [3.05, 3.63) is 23.6 Å². The maximum Gasteiger partial charge on any atom is 0.342 e. The zero-order valence-electron chi connectivity index (χ0n) is 7.91. The van der Waals surface area contributed by atoms with Crippen LogP contribution in [0.1, 0.15) is 17.3 Å². The number of halogens is 1. The summed E-state index contributed by atoms with van der Waals surface area (Å²) in [6.07, 6.45) is 0. The Morgan fingerprint density at radius 2 is 2.29 bits per heavy atom. The van der Waals surface area contributed by atoms with Gasteiger partial charge in [0.1, 0.15) is 5.56 Å². The van der Waals surface area contributed by atoms with E-state index < -0.39 is 11.9 Å². The van der Waals surface area contributed by atoms with Crippen LogP contribution >= 0.6 is 0 Å². The molecule has 0 atom stereocenters. The monoisotopic (exact) mass is 199 g/mol. The number of rotatable bonds is 3. The van der Waals surface area contributed by atoms with E-state index in [9.17, 15) is 9.18 Å². The van der Waals surface area contributed by atoms with E-state index in [1.165, 1.54) is 19.2 Å². The van der Waals surface area contributed by atoms with E-state index in [2.05, 4.69) is 14.5 Å². The average Bonchev–Trinajstić information content (AvgIpc) is 2.17. The number of methoxy groups -OCH3 is 1. The molecule has 1 heterocycles. The number of ether oxygens (including phenoxy) is 2. The number of carbonyl (C=O) groups is 1. The van der Waals surface area contributed by atoms with Gasteiger partial charge in [-0.3, -0.25) is 0 Å². The molecule has 0 spiro atoms. The fourth-order valence-corrected chi connectivity index (χ4v) is 0.892. The molecule has 5 heteroatoms. The molecule has 1 rings (SSSR count). The first kappa shape index (κ1) is 10.4. The van der Waals surface area contributed by atoms with Crippen molar-refractivity contribution in [2.75, 3.05) is 13.7 Å². The van der Waals surface area contributed by atoms with Crippen LogP contribution in [0.15, 0.2) is 12.1 Å². The highest BCUT2D eigenvalue weighted by Crippen LogP contribution is 2.12. The van der Waals surface area contributed by atoms with Gasteiger partial charge in [0.2, 0.25) is 11.8 Å². The quantitative estimate of drug-likeness (QED) is 0.545. The molecular formula is C9H10FNO3. The summed E-state index contributed by atoms with van der Waals surface area (Å²) >= 11 is 0. The molecular weight excluding hydrogens is 189 g/mol. The highest BCUT2D eigenvalue weighted by Gasteiger charge is 2.14. The van der Waals surface area contributed by atoms with Crippen molar-refractivity contribution in [1.29, 1.82) is 0 Å². The molecule has 4 nitrogen and oxygen atoms in total. The molecule has 0 bridgehead atoms. The Balaban J connectivity index is 2.94. The third-order valence-corrected chi connectivity index (χ3v) is 1.53. The van der Waals surface area contributed by atoms with Crippen LogP contribution in [0.5, 0.6) is 5.88 Å². The largest absolute Gasteiger partial charge is 0.481 e. The average molecular weight is 199 g/mol. The van der Waals surface area contributed by atoms with Crippen molar-refractivity contribution in [3.8, 4) is 5.88 Å². The number of carbonyl (C=O) groups excluding carboxylic acids is 1. The van der Waals surface area contributed by atoms with Gasteiger partial charge in [-0.25, -0.2) is 4.79 Å². The lowest BCUT2D eigenvalue weighted by molar-refractivity contribution is 0.0519. The molecule has 0 aromatic carbocycles. The van der Waals surface area contributed by atoms with E-state index >= 15 is 0 Å². The summed E-state index contributed by atoms with van der Waals surface area (Å²) < 4.78 is 22.4. The number of hydrogen-bond acceptors (Lipinski definition) is 4. The Morgan fingerprint density at radius 3 is 2.79 bits per heavy atom. The fourth-order valence-electron chi connectivity index (χ4n) is 0.892. The van der Waals surface area contributed by atoms with E-state index in [1.807, 2.05) is 0 Å². The third-order valence-electron chi connectivity index (χ3n) is 1.53. The zero-order valence-corrected chi connectivity index (χ0v) is 7.91. The van der Waals surface area contributed by atoms with Gasteiger partial charge >= 0.3 is 5.97 Å². The minimum Gasteiger partial charge on any atom is -0.481 e. The van der Waals surface area contributed by atoms with Crippen LogP contribution in [0.3, 0.4) is 0 Å². The highest BCUT2D eigenvalue weighted by atomic mass is 19.1. The summed E-state index contributed by atoms with van der Waals surface area (Å²) in [4.78, 5) is 14.5. The van der Waals surface area contributed by atoms with Gasteiger partial charge in [-0.15, -0.1) is 0 Å². The van der Waals surface area contributed by atoms with Gasteiger partial charge in [-0.05, 0) is 13.0 Å². The normalized spacial score (nSPS) is 9.64. The molecule has 0 saturated carbocycles. The molecule has 0 aliphatic carbocycles. The lowest BCUT2D eigenvalue weighted by Gasteiger charge is -2.03. The minimum absolute atomic E-state index is 0.121. The maximum atomic E-state index is 13.1. The van der Waals surface area contributed by atoms with Gasteiger partial charge < -0.3 is 9.47 Å². The van der Waals surface area contributed by atoms with Gasteiger partial charge in [0.25, 0.3) is 0 Å². The zero-order chi connectivity index (χ0) is 10.6. The highest BCUT2D eigenvalue weighted by molar-refractivity contribution is 5.89.